The van der Waals surface area contributed by atoms with Crippen molar-refractivity contribution in [3.63, 3.8) is 0 Å². The summed E-state index contributed by atoms with van der Waals surface area (Å²) in [5.74, 6) is -0.0451. The normalized spacial score (nSPS) is 14.2. The molecule has 1 heterocycles. The minimum absolute atomic E-state index is 0.0451. The van der Waals surface area contributed by atoms with Crippen LogP contribution in [0.15, 0.2) is 24.3 Å². The van der Waals surface area contributed by atoms with Crippen molar-refractivity contribution in [3.05, 3.63) is 34.9 Å². The summed E-state index contributed by atoms with van der Waals surface area (Å²) in [4.78, 5) is 24.5. The maximum atomic E-state index is 11.7. The molecule has 2 rings (SSSR count). The van der Waals surface area contributed by atoms with E-state index in [0.717, 1.165) is 12.0 Å². The Kier molecular flexibility index (Phi) is 5.24. The second-order valence-corrected chi connectivity index (χ2v) is 5.05. The highest BCUT2D eigenvalue weighted by Crippen LogP contribution is 2.11. The molecule has 1 aliphatic rings. The van der Waals surface area contributed by atoms with Crippen molar-refractivity contribution in [2.45, 2.75) is 12.8 Å². The first-order chi connectivity index (χ1) is 9.65. The second-order valence-electron chi connectivity index (χ2n) is 4.61. The first kappa shape index (κ1) is 14.7. The predicted octanol–water partition coefficient (Wildman–Crippen LogP) is 1.84. The summed E-state index contributed by atoms with van der Waals surface area (Å²) >= 11 is 5.86. The lowest BCUT2D eigenvalue weighted by Gasteiger charge is -2.12. The van der Waals surface area contributed by atoms with E-state index in [2.05, 4.69) is 5.32 Å². The highest BCUT2D eigenvalue weighted by atomic mass is 35.5. The Morgan fingerprint density at radius 3 is 3.00 bits per heavy atom. The van der Waals surface area contributed by atoms with Gasteiger partial charge in [0.05, 0.1) is 13.0 Å². The van der Waals surface area contributed by atoms with Gasteiger partial charge in [0, 0.05) is 18.1 Å². The zero-order valence-electron chi connectivity index (χ0n) is 11.1. The molecular weight excluding hydrogens is 280 g/mol. The summed E-state index contributed by atoms with van der Waals surface area (Å²) in [5.41, 5.74) is 0.887. The molecule has 0 aliphatic carbocycles. The smallest absolute Gasteiger partial charge is 0.409 e. The van der Waals surface area contributed by atoms with Crippen LogP contribution >= 0.6 is 11.6 Å². The van der Waals surface area contributed by atoms with Gasteiger partial charge in [-0.1, -0.05) is 23.7 Å². The Bertz CT molecular complexity index is 493. The summed E-state index contributed by atoms with van der Waals surface area (Å²) < 4.78 is 4.82. The second kappa shape index (κ2) is 7.14. The van der Waals surface area contributed by atoms with Gasteiger partial charge in [0.15, 0.2) is 0 Å². The molecule has 0 unspecified atom stereocenters. The average molecular weight is 297 g/mol. The van der Waals surface area contributed by atoms with E-state index in [4.69, 9.17) is 16.3 Å². The molecule has 0 saturated carbocycles. The van der Waals surface area contributed by atoms with E-state index in [0.29, 0.717) is 37.7 Å². The van der Waals surface area contributed by atoms with Gasteiger partial charge in [-0.05, 0) is 24.1 Å². The minimum Gasteiger partial charge on any atom is -0.448 e. The monoisotopic (exact) mass is 296 g/mol. The van der Waals surface area contributed by atoms with Crippen LogP contribution in [0.3, 0.4) is 0 Å². The number of ether oxygens (including phenoxy) is 1. The number of nitrogens with one attached hydrogen (secondary N) is 1. The van der Waals surface area contributed by atoms with Gasteiger partial charge >= 0.3 is 6.09 Å². The molecular formula is C14H17ClN2O3. The zero-order chi connectivity index (χ0) is 14.4. The van der Waals surface area contributed by atoms with E-state index in [1.165, 1.54) is 0 Å². The van der Waals surface area contributed by atoms with Crippen LogP contribution in [-0.4, -0.2) is 43.1 Å². The zero-order valence-corrected chi connectivity index (χ0v) is 11.9. The fourth-order valence-electron chi connectivity index (χ4n) is 2.02. The summed E-state index contributed by atoms with van der Waals surface area (Å²) in [5, 5.41) is 3.46. The molecule has 1 fully saturated rings. The molecule has 6 heteroatoms. The highest BCUT2D eigenvalue weighted by Gasteiger charge is 2.20. The molecule has 0 atom stereocenters. The lowest BCUT2D eigenvalue weighted by Crippen LogP contribution is -2.31. The molecule has 0 spiro atoms. The fourth-order valence-corrected chi connectivity index (χ4v) is 2.23. The number of cyclic esters (lactones) is 1. The molecule has 0 radical (unpaired) electrons. The number of amides is 2. The van der Waals surface area contributed by atoms with Gasteiger partial charge in [-0.15, -0.1) is 0 Å². The molecule has 1 saturated heterocycles. The lowest BCUT2D eigenvalue weighted by molar-refractivity contribution is -0.120. The Hall–Kier alpha value is -1.75. The number of carbonyl (C=O) groups excluding carboxylic acids is 2. The summed E-state index contributed by atoms with van der Waals surface area (Å²) in [6, 6.07) is 7.25. The number of hydrogen-bond acceptors (Lipinski definition) is 3. The summed E-state index contributed by atoms with van der Waals surface area (Å²) in [6.07, 6.45) is 0.762. The molecule has 0 aromatic heterocycles. The van der Waals surface area contributed by atoms with Crippen LogP contribution in [0.2, 0.25) is 5.02 Å². The quantitative estimate of drug-likeness (QED) is 0.815. The van der Waals surface area contributed by atoms with Gasteiger partial charge in [-0.25, -0.2) is 4.79 Å². The number of benzene rings is 1. The van der Waals surface area contributed by atoms with Crippen LogP contribution in [0.25, 0.3) is 0 Å². The van der Waals surface area contributed by atoms with Crippen LogP contribution in [0.5, 0.6) is 0 Å². The molecule has 108 valence electrons. The lowest BCUT2D eigenvalue weighted by atomic mass is 10.1. The van der Waals surface area contributed by atoms with Gasteiger partial charge in [-0.3, -0.25) is 4.79 Å². The number of hydrogen-bond donors (Lipinski definition) is 1. The van der Waals surface area contributed by atoms with Crippen molar-refractivity contribution < 1.29 is 14.3 Å². The van der Waals surface area contributed by atoms with E-state index in [1.54, 1.807) is 17.0 Å². The van der Waals surface area contributed by atoms with Crippen molar-refractivity contribution in [3.8, 4) is 0 Å². The van der Waals surface area contributed by atoms with Crippen LogP contribution in [0, 0.1) is 0 Å². The SMILES string of the molecule is O=C(Cc1cccc(Cl)c1)NCCCN1CCOC1=O. The molecule has 1 aliphatic heterocycles. The number of halogens is 1. The first-order valence-corrected chi connectivity index (χ1v) is 6.96. The van der Waals surface area contributed by atoms with E-state index >= 15 is 0 Å². The van der Waals surface area contributed by atoms with Gasteiger partial charge < -0.3 is 15.0 Å². The number of nitrogens with zero attached hydrogens (tertiary/aromatic N) is 1. The summed E-state index contributed by atoms with van der Waals surface area (Å²) in [6.45, 7) is 2.24. The first-order valence-electron chi connectivity index (χ1n) is 6.58. The van der Waals surface area contributed by atoms with E-state index < -0.39 is 0 Å². The van der Waals surface area contributed by atoms with Crippen molar-refractivity contribution in [2.24, 2.45) is 0 Å². The van der Waals surface area contributed by atoms with E-state index in [1.807, 2.05) is 12.1 Å². The third-order valence-electron chi connectivity index (χ3n) is 3.03. The average Bonchev–Trinajstić information content (AvgIpc) is 2.80. The van der Waals surface area contributed by atoms with Crippen molar-refractivity contribution in [1.82, 2.24) is 10.2 Å². The van der Waals surface area contributed by atoms with Gasteiger partial charge in [0.25, 0.3) is 0 Å². The third-order valence-corrected chi connectivity index (χ3v) is 3.26. The topological polar surface area (TPSA) is 58.6 Å². The summed E-state index contributed by atoms with van der Waals surface area (Å²) in [7, 11) is 0. The van der Waals surface area contributed by atoms with Crippen LogP contribution in [0.1, 0.15) is 12.0 Å². The molecule has 2 amide bonds. The van der Waals surface area contributed by atoms with Gasteiger partial charge in [-0.2, -0.15) is 0 Å². The van der Waals surface area contributed by atoms with Gasteiger partial charge in [0.1, 0.15) is 6.61 Å². The standard InChI is InChI=1S/C14H17ClN2O3/c15-12-4-1-3-11(9-12)10-13(18)16-5-2-6-17-7-8-20-14(17)19/h1,3-4,9H,2,5-8,10H2,(H,16,18). The molecule has 0 bridgehead atoms. The van der Waals surface area contributed by atoms with Crippen molar-refractivity contribution >= 4 is 23.6 Å². The Balaban J connectivity index is 1.64. The van der Waals surface area contributed by atoms with Crippen LogP contribution in [0.4, 0.5) is 4.79 Å². The predicted molar refractivity (Wildman–Crippen MR) is 75.7 cm³/mol. The van der Waals surface area contributed by atoms with Crippen LogP contribution in [-0.2, 0) is 16.0 Å². The molecule has 1 aromatic rings. The van der Waals surface area contributed by atoms with Crippen molar-refractivity contribution in [2.75, 3.05) is 26.2 Å². The van der Waals surface area contributed by atoms with E-state index in [-0.39, 0.29) is 12.0 Å². The van der Waals surface area contributed by atoms with E-state index in [9.17, 15) is 9.59 Å². The van der Waals surface area contributed by atoms with Crippen molar-refractivity contribution in [1.29, 1.82) is 0 Å². The fraction of sp³-hybridized carbons (Fsp3) is 0.429. The molecule has 1 aromatic carbocycles. The van der Waals surface area contributed by atoms with Crippen LogP contribution < -0.4 is 5.32 Å². The number of carbonyl (C=O) groups is 2. The maximum Gasteiger partial charge on any atom is 0.409 e. The molecule has 5 nitrogen and oxygen atoms in total. The minimum atomic E-state index is -0.268. The Morgan fingerprint density at radius 1 is 1.45 bits per heavy atom. The molecule has 1 N–H and O–H groups in total. The maximum absolute atomic E-state index is 11.7. The largest absolute Gasteiger partial charge is 0.448 e. The number of rotatable bonds is 6. The molecule has 20 heavy (non-hydrogen) atoms. The third kappa shape index (κ3) is 4.42. The van der Waals surface area contributed by atoms with Gasteiger partial charge in [0.2, 0.25) is 5.91 Å². The highest BCUT2D eigenvalue weighted by molar-refractivity contribution is 6.30. The Labute approximate surface area is 122 Å². The Morgan fingerprint density at radius 2 is 2.30 bits per heavy atom.